The number of hydrogen-bond donors (Lipinski definition) is 1. The zero-order valence-corrected chi connectivity index (χ0v) is 5.72. The molecule has 52 valence electrons. The maximum absolute atomic E-state index is 10.4. The summed E-state index contributed by atoms with van der Waals surface area (Å²) in [5, 5.41) is 10.3. The van der Waals surface area contributed by atoms with Crippen LogP contribution in [0, 0.1) is 0 Å². The number of carbonyl (C=O) groups is 1. The van der Waals surface area contributed by atoms with Crippen LogP contribution in [0.2, 0.25) is 0 Å². The predicted molar refractivity (Wildman–Crippen MR) is 34.2 cm³/mol. The third-order valence-electron chi connectivity index (χ3n) is 0.547. The van der Waals surface area contributed by atoms with Gasteiger partial charge in [0, 0.05) is 17.1 Å². The molecule has 4 nitrogen and oxygen atoms in total. The number of oxime groups is 1. The number of Topliss-reactive ketones (excluding diaryl/α,β-unsaturated/α-hetero) is 1. The summed E-state index contributed by atoms with van der Waals surface area (Å²) in [7, 11) is -1.15. The van der Waals surface area contributed by atoms with Gasteiger partial charge in [0.2, 0.25) is 0 Å². The van der Waals surface area contributed by atoms with Crippen LogP contribution >= 0.6 is 0 Å². The van der Waals surface area contributed by atoms with Crippen molar-refractivity contribution in [3.05, 3.63) is 0 Å². The number of hydrogen-bond acceptors (Lipinski definition) is 4. The van der Waals surface area contributed by atoms with Crippen LogP contribution in [0.1, 0.15) is 0 Å². The largest absolute Gasteiger partial charge is 0.411 e. The van der Waals surface area contributed by atoms with Crippen molar-refractivity contribution in [1.82, 2.24) is 0 Å². The van der Waals surface area contributed by atoms with Gasteiger partial charge >= 0.3 is 0 Å². The fraction of sp³-hybridized carbons (Fsp3) is 0.500. The van der Waals surface area contributed by atoms with E-state index in [-0.39, 0.29) is 5.75 Å². The summed E-state index contributed by atoms with van der Waals surface area (Å²) in [6.45, 7) is 0. The zero-order chi connectivity index (χ0) is 7.28. The first kappa shape index (κ1) is 8.29. The van der Waals surface area contributed by atoms with Crippen molar-refractivity contribution in [2.45, 2.75) is 0 Å². The highest BCUT2D eigenvalue weighted by molar-refractivity contribution is 7.85. The Balaban J connectivity index is 3.64. The highest BCUT2D eigenvalue weighted by Crippen LogP contribution is 1.74. The van der Waals surface area contributed by atoms with E-state index in [1.54, 1.807) is 0 Å². The van der Waals surface area contributed by atoms with E-state index < -0.39 is 16.6 Å². The molecule has 1 N–H and O–H groups in total. The topological polar surface area (TPSA) is 66.7 Å². The van der Waals surface area contributed by atoms with Crippen LogP contribution < -0.4 is 0 Å². The third kappa shape index (κ3) is 5.16. The molecule has 0 rings (SSSR count). The van der Waals surface area contributed by atoms with Gasteiger partial charge in [-0.3, -0.25) is 9.00 Å². The molecule has 0 heterocycles. The van der Waals surface area contributed by atoms with Crippen LogP contribution in [0.15, 0.2) is 5.16 Å². The summed E-state index contributed by atoms with van der Waals surface area (Å²) in [6, 6.07) is 0. The number of carbonyl (C=O) groups excluding carboxylic acids is 1. The van der Waals surface area contributed by atoms with Crippen LogP contribution in [0.4, 0.5) is 0 Å². The molecular formula is C4H7NO3S. The average Bonchev–Trinajstić information content (AvgIpc) is 1.63. The lowest BCUT2D eigenvalue weighted by atomic mass is 10.5. The fourth-order valence-electron chi connectivity index (χ4n) is 0.302. The third-order valence-corrected chi connectivity index (χ3v) is 1.24. The van der Waals surface area contributed by atoms with Crippen molar-refractivity contribution in [2.75, 3.05) is 12.0 Å². The van der Waals surface area contributed by atoms with Gasteiger partial charge in [-0.05, 0) is 0 Å². The van der Waals surface area contributed by atoms with Gasteiger partial charge in [-0.1, -0.05) is 5.16 Å². The SMILES string of the molecule is CS(=O)CC(=O)/C=N\O. The smallest absolute Gasteiger partial charge is 0.189 e. The second-order valence-electron chi connectivity index (χ2n) is 1.43. The maximum atomic E-state index is 10.4. The van der Waals surface area contributed by atoms with Gasteiger partial charge in [-0.15, -0.1) is 0 Å². The molecule has 0 saturated carbocycles. The van der Waals surface area contributed by atoms with Crippen LogP contribution in [-0.2, 0) is 15.6 Å². The van der Waals surface area contributed by atoms with E-state index in [0.717, 1.165) is 6.21 Å². The Labute approximate surface area is 55.0 Å². The molecule has 0 saturated heterocycles. The second-order valence-corrected chi connectivity index (χ2v) is 2.86. The minimum absolute atomic E-state index is 0.0793. The minimum Gasteiger partial charge on any atom is -0.411 e. The van der Waals surface area contributed by atoms with Crippen molar-refractivity contribution in [2.24, 2.45) is 5.16 Å². The van der Waals surface area contributed by atoms with E-state index in [1.807, 2.05) is 0 Å². The molecule has 0 aromatic rings. The lowest BCUT2D eigenvalue weighted by Crippen LogP contribution is -2.09. The first-order valence-corrected chi connectivity index (χ1v) is 3.90. The molecule has 0 bridgehead atoms. The van der Waals surface area contributed by atoms with Gasteiger partial charge in [0.05, 0.1) is 5.75 Å². The summed E-state index contributed by atoms with van der Waals surface area (Å²) in [5.74, 6) is -0.511. The molecule has 9 heavy (non-hydrogen) atoms. The van der Waals surface area contributed by atoms with Crippen LogP contribution in [0.5, 0.6) is 0 Å². The number of nitrogens with zero attached hydrogens (tertiary/aromatic N) is 1. The summed E-state index contributed by atoms with van der Waals surface area (Å²) < 4.78 is 10.3. The quantitative estimate of drug-likeness (QED) is 0.331. The Morgan fingerprint density at radius 3 is 2.78 bits per heavy atom. The summed E-state index contributed by atoms with van der Waals surface area (Å²) in [6.07, 6.45) is 2.14. The summed E-state index contributed by atoms with van der Waals surface area (Å²) >= 11 is 0. The molecule has 0 aliphatic carbocycles. The maximum Gasteiger partial charge on any atom is 0.189 e. The summed E-state index contributed by atoms with van der Waals surface area (Å²) in [5.41, 5.74) is 0. The van der Waals surface area contributed by atoms with Gasteiger partial charge in [0.25, 0.3) is 0 Å². The van der Waals surface area contributed by atoms with E-state index >= 15 is 0 Å². The van der Waals surface area contributed by atoms with E-state index in [4.69, 9.17) is 5.21 Å². The van der Waals surface area contributed by atoms with Crippen LogP contribution in [0.25, 0.3) is 0 Å². The molecule has 0 aromatic heterocycles. The highest BCUT2D eigenvalue weighted by Gasteiger charge is 1.98. The van der Waals surface area contributed by atoms with Gasteiger partial charge in [0.15, 0.2) is 5.78 Å². The van der Waals surface area contributed by atoms with Crippen LogP contribution in [0.3, 0.4) is 0 Å². The Morgan fingerprint density at radius 2 is 2.44 bits per heavy atom. The van der Waals surface area contributed by atoms with E-state index in [2.05, 4.69) is 5.16 Å². The minimum atomic E-state index is -1.15. The first-order valence-electron chi connectivity index (χ1n) is 2.17. The molecule has 5 heteroatoms. The van der Waals surface area contributed by atoms with Crippen molar-refractivity contribution < 1.29 is 14.2 Å². The summed E-state index contributed by atoms with van der Waals surface area (Å²) in [4.78, 5) is 10.4. The molecule has 0 aliphatic heterocycles. The molecular weight excluding hydrogens is 142 g/mol. The Kier molecular flexibility index (Phi) is 3.87. The zero-order valence-electron chi connectivity index (χ0n) is 4.90. The monoisotopic (exact) mass is 149 g/mol. The Morgan fingerprint density at radius 1 is 1.89 bits per heavy atom. The van der Waals surface area contributed by atoms with E-state index in [0.29, 0.717) is 0 Å². The second kappa shape index (κ2) is 4.20. The Hall–Kier alpha value is -0.710. The number of ketones is 1. The van der Waals surface area contributed by atoms with Crippen LogP contribution in [-0.4, -0.2) is 33.4 Å². The van der Waals surface area contributed by atoms with Crippen molar-refractivity contribution in [3.63, 3.8) is 0 Å². The van der Waals surface area contributed by atoms with Crippen molar-refractivity contribution >= 4 is 22.8 Å². The van der Waals surface area contributed by atoms with Crippen molar-refractivity contribution in [1.29, 1.82) is 0 Å². The van der Waals surface area contributed by atoms with Gasteiger partial charge in [-0.2, -0.15) is 0 Å². The van der Waals surface area contributed by atoms with Gasteiger partial charge < -0.3 is 5.21 Å². The molecule has 0 amide bonds. The highest BCUT2D eigenvalue weighted by atomic mass is 32.2. The lowest BCUT2D eigenvalue weighted by molar-refractivity contribution is -0.110. The molecule has 0 aromatic carbocycles. The van der Waals surface area contributed by atoms with E-state index in [9.17, 15) is 9.00 Å². The standard InChI is InChI=1S/C4H7NO3S/c1-9(8)3-4(6)2-5-7/h2,7H,3H2,1H3/b5-2-. The van der Waals surface area contributed by atoms with Gasteiger partial charge in [0.1, 0.15) is 6.21 Å². The number of rotatable bonds is 3. The lowest BCUT2D eigenvalue weighted by Gasteiger charge is -1.85. The van der Waals surface area contributed by atoms with Crippen molar-refractivity contribution in [3.8, 4) is 0 Å². The normalized spacial score (nSPS) is 13.9. The molecule has 1 unspecified atom stereocenters. The molecule has 0 aliphatic rings. The molecule has 0 spiro atoms. The first-order chi connectivity index (χ1) is 4.16. The Bertz CT molecular complexity index is 154. The molecule has 0 radical (unpaired) electrons. The molecule has 1 atom stereocenters. The van der Waals surface area contributed by atoms with Gasteiger partial charge in [-0.25, -0.2) is 0 Å². The predicted octanol–water partition coefficient (Wildman–Crippen LogP) is -0.606. The average molecular weight is 149 g/mol. The fourth-order valence-corrected chi connectivity index (χ4v) is 0.777. The molecule has 0 fully saturated rings. The van der Waals surface area contributed by atoms with E-state index in [1.165, 1.54) is 6.26 Å².